The molecule has 2 heteroatoms. The van der Waals surface area contributed by atoms with E-state index in [9.17, 15) is 0 Å². The van der Waals surface area contributed by atoms with Crippen LogP contribution >= 0.6 is 0 Å². The first kappa shape index (κ1) is 13.4. The summed E-state index contributed by atoms with van der Waals surface area (Å²) in [5.74, 6) is 0. The van der Waals surface area contributed by atoms with Crippen LogP contribution in [0.15, 0.2) is 54.6 Å². The summed E-state index contributed by atoms with van der Waals surface area (Å²) in [6.45, 7) is 2.38. The smallest absolute Gasteiger partial charge is 0.0869 e. The Morgan fingerprint density at radius 2 is 1.70 bits per heavy atom. The monoisotopic (exact) mass is 302 g/mol. The largest absolute Gasteiger partial charge is 0.356 e. The number of para-hydroxylation sites is 1. The van der Waals surface area contributed by atoms with Gasteiger partial charge in [0.1, 0.15) is 0 Å². The average molecular weight is 302 g/mol. The van der Waals surface area contributed by atoms with Gasteiger partial charge in [-0.25, -0.2) is 0 Å². The van der Waals surface area contributed by atoms with Crippen LogP contribution in [0.4, 0.5) is 0 Å². The number of nitrogens with zero attached hydrogens (tertiary/aromatic N) is 1. The molecule has 0 amide bonds. The Morgan fingerprint density at radius 3 is 2.61 bits per heavy atom. The van der Waals surface area contributed by atoms with E-state index in [2.05, 4.69) is 64.5 Å². The molecule has 2 aromatic carbocycles. The molecule has 116 valence electrons. The summed E-state index contributed by atoms with van der Waals surface area (Å²) in [4.78, 5) is 6.54. The maximum absolute atomic E-state index is 3.81. The summed E-state index contributed by atoms with van der Waals surface area (Å²) in [7, 11) is 0. The first-order chi connectivity index (χ1) is 11.4. The van der Waals surface area contributed by atoms with Crippen molar-refractivity contribution in [2.24, 2.45) is 0 Å². The van der Waals surface area contributed by atoms with E-state index < -0.39 is 0 Å². The molecular formula is C21H22N2. The predicted molar refractivity (Wildman–Crippen MR) is 94.6 cm³/mol. The number of H-pyrrole nitrogens is 1. The Hall–Kier alpha value is -2.06. The fourth-order valence-electron chi connectivity index (χ4n) is 4.86. The van der Waals surface area contributed by atoms with Crippen molar-refractivity contribution < 1.29 is 0 Å². The Morgan fingerprint density at radius 1 is 0.870 bits per heavy atom. The second-order valence-corrected chi connectivity index (χ2v) is 6.94. The van der Waals surface area contributed by atoms with E-state index in [4.69, 9.17) is 0 Å². The Kier molecular flexibility index (Phi) is 2.89. The van der Waals surface area contributed by atoms with Gasteiger partial charge in [0.05, 0.1) is 5.54 Å². The van der Waals surface area contributed by atoms with Gasteiger partial charge in [0.2, 0.25) is 0 Å². The first-order valence-electron chi connectivity index (χ1n) is 8.80. The van der Waals surface area contributed by atoms with Crippen molar-refractivity contribution in [1.29, 1.82) is 0 Å². The molecule has 23 heavy (non-hydrogen) atoms. The van der Waals surface area contributed by atoms with E-state index in [1.54, 1.807) is 5.56 Å². The number of hydrogen-bond donors (Lipinski definition) is 1. The highest BCUT2D eigenvalue weighted by molar-refractivity contribution is 5.85. The molecule has 3 heterocycles. The molecule has 3 aromatic rings. The lowest BCUT2D eigenvalue weighted by Crippen LogP contribution is -2.54. The van der Waals surface area contributed by atoms with Crippen LogP contribution in [-0.4, -0.2) is 23.0 Å². The van der Waals surface area contributed by atoms with E-state index >= 15 is 0 Å². The van der Waals surface area contributed by atoms with Crippen LogP contribution in [0.25, 0.3) is 10.9 Å². The van der Waals surface area contributed by atoms with Crippen molar-refractivity contribution in [3.8, 4) is 0 Å². The van der Waals surface area contributed by atoms with Gasteiger partial charge in [-0.3, -0.25) is 4.90 Å². The van der Waals surface area contributed by atoms with E-state index in [1.165, 1.54) is 54.5 Å². The number of rotatable bonds is 1. The molecule has 1 atom stereocenters. The lowest BCUT2D eigenvalue weighted by atomic mass is 9.74. The second kappa shape index (κ2) is 4.97. The maximum Gasteiger partial charge on any atom is 0.0869 e. The van der Waals surface area contributed by atoms with Crippen molar-refractivity contribution >= 4 is 10.9 Å². The highest BCUT2D eigenvalue weighted by Gasteiger charge is 2.46. The van der Waals surface area contributed by atoms with Crippen LogP contribution in [0.5, 0.6) is 0 Å². The Bertz CT molecular complexity index is 849. The number of benzene rings is 2. The minimum absolute atomic E-state index is 0.0477. The molecule has 0 radical (unpaired) electrons. The molecule has 2 aliphatic heterocycles. The molecule has 1 N–H and O–H groups in total. The van der Waals surface area contributed by atoms with Gasteiger partial charge in [0, 0.05) is 23.1 Å². The number of fused-ring (bicyclic) bond motifs is 5. The van der Waals surface area contributed by atoms with Gasteiger partial charge in [-0.15, -0.1) is 0 Å². The minimum atomic E-state index is 0.0477. The number of hydrogen-bond acceptors (Lipinski definition) is 1. The molecule has 0 spiro atoms. The van der Waals surface area contributed by atoms with Crippen LogP contribution in [0.3, 0.4) is 0 Å². The first-order valence-corrected chi connectivity index (χ1v) is 8.80. The summed E-state index contributed by atoms with van der Waals surface area (Å²) < 4.78 is 0. The third-order valence-electron chi connectivity index (χ3n) is 5.87. The van der Waals surface area contributed by atoms with Gasteiger partial charge in [0.15, 0.2) is 0 Å². The standard InChI is InChI=1S/C21H22N2/c1-2-8-16(9-3-1)21-13-6-7-14-23(21)15-12-18-17-10-4-5-11-19(17)22-20(18)21/h1-5,8-11,22H,6-7,12-15H2. The number of piperidine rings is 1. The predicted octanol–water partition coefficient (Wildman–Crippen LogP) is 4.45. The van der Waals surface area contributed by atoms with Crippen LogP contribution in [0.2, 0.25) is 0 Å². The zero-order valence-electron chi connectivity index (χ0n) is 13.4. The number of aromatic amines is 1. The Labute approximate surface area is 137 Å². The van der Waals surface area contributed by atoms with Crippen LogP contribution < -0.4 is 0 Å². The lowest BCUT2D eigenvalue weighted by molar-refractivity contribution is 0.0646. The highest BCUT2D eigenvalue weighted by Crippen LogP contribution is 2.48. The van der Waals surface area contributed by atoms with Crippen molar-refractivity contribution in [1.82, 2.24) is 9.88 Å². The molecule has 1 saturated heterocycles. The summed E-state index contributed by atoms with van der Waals surface area (Å²) in [5.41, 5.74) is 5.79. The molecule has 1 fully saturated rings. The van der Waals surface area contributed by atoms with E-state index in [1.807, 2.05) is 0 Å². The number of nitrogens with one attached hydrogen (secondary N) is 1. The van der Waals surface area contributed by atoms with Crippen LogP contribution in [0.1, 0.15) is 36.1 Å². The fraction of sp³-hybridized carbons (Fsp3) is 0.333. The molecule has 1 aromatic heterocycles. The van der Waals surface area contributed by atoms with Gasteiger partial charge in [-0.1, -0.05) is 48.5 Å². The zero-order chi connectivity index (χ0) is 15.3. The van der Waals surface area contributed by atoms with Crippen LogP contribution in [0, 0.1) is 0 Å². The molecule has 2 nitrogen and oxygen atoms in total. The molecular weight excluding hydrogens is 280 g/mol. The van der Waals surface area contributed by atoms with Gasteiger partial charge < -0.3 is 4.98 Å². The normalized spacial score (nSPS) is 24.3. The van der Waals surface area contributed by atoms with E-state index in [0.29, 0.717) is 0 Å². The molecule has 0 aliphatic carbocycles. The van der Waals surface area contributed by atoms with Gasteiger partial charge in [0.25, 0.3) is 0 Å². The topological polar surface area (TPSA) is 19.0 Å². The Balaban J connectivity index is 1.82. The summed E-state index contributed by atoms with van der Waals surface area (Å²) in [5, 5.41) is 1.42. The summed E-state index contributed by atoms with van der Waals surface area (Å²) in [6, 6.07) is 19.9. The molecule has 0 bridgehead atoms. The minimum Gasteiger partial charge on any atom is -0.356 e. The number of aromatic nitrogens is 1. The second-order valence-electron chi connectivity index (χ2n) is 6.94. The maximum atomic E-state index is 3.81. The van der Waals surface area contributed by atoms with Gasteiger partial charge in [-0.2, -0.15) is 0 Å². The molecule has 2 aliphatic rings. The van der Waals surface area contributed by atoms with E-state index in [-0.39, 0.29) is 5.54 Å². The van der Waals surface area contributed by atoms with Crippen molar-refractivity contribution in [2.45, 2.75) is 31.2 Å². The van der Waals surface area contributed by atoms with E-state index in [0.717, 1.165) is 6.42 Å². The SMILES string of the molecule is c1ccc(C23CCCCN2CCc2c3[nH]c3ccccc23)cc1. The van der Waals surface area contributed by atoms with Gasteiger partial charge in [-0.05, 0) is 49.4 Å². The lowest BCUT2D eigenvalue weighted by Gasteiger charge is -2.50. The molecule has 1 unspecified atom stereocenters. The van der Waals surface area contributed by atoms with Crippen LogP contribution in [-0.2, 0) is 12.0 Å². The van der Waals surface area contributed by atoms with Crippen molar-refractivity contribution in [3.63, 3.8) is 0 Å². The average Bonchev–Trinajstić information content (AvgIpc) is 3.02. The molecule has 0 saturated carbocycles. The fourth-order valence-corrected chi connectivity index (χ4v) is 4.86. The third kappa shape index (κ3) is 1.79. The molecule has 5 rings (SSSR count). The quantitative estimate of drug-likeness (QED) is 0.703. The zero-order valence-corrected chi connectivity index (χ0v) is 13.4. The summed E-state index contributed by atoms with van der Waals surface area (Å²) >= 11 is 0. The third-order valence-corrected chi connectivity index (χ3v) is 5.87. The summed E-state index contributed by atoms with van der Waals surface area (Å²) in [6.07, 6.45) is 5.01. The highest BCUT2D eigenvalue weighted by atomic mass is 15.2. The van der Waals surface area contributed by atoms with Gasteiger partial charge >= 0.3 is 0 Å². The van der Waals surface area contributed by atoms with Crippen molar-refractivity contribution in [3.05, 3.63) is 71.4 Å². The van der Waals surface area contributed by atoms with Crippen molar-refractivity contribution in [2.75, 3.05) is 13.1 Å².